The lowest BCUT2D eigenvalue weighted by molar-refractivity contribution is 0.102. The third-order valence-corrected chi connectivity index (χ3v) is 7.04. The molecule has 2 N–H and O–H groups in total. The maximum atomic E-state index is 12.7. The highest BCUT2D eigenvalue weighted by Gasteiger charge is 2.22. The van der Waals surface area contributed by atoms with Crippen molar-refractivity contribution < 1.29 is 27.4 Å². The Balaban J connectivity index is 1.72. The van der Waals surface area contributed by atoms with Crippen LogP contribution in [0.1, 0.15) is 21.5 Å². The van der Waals surface area contributed by atoms with Crippen molar-refractivity contribution in [2.24, 2.45) is 0 Å². The standard InChI is InChI=1S/C20H22N4O6S2/c1-12-7-5-6-8-14(12)18(25)22-19-23-24-20(31-19)32(26,27)21-11-13-9-15(28-2)17(30-4)16(10-13)29-3/h5-10,21H,11H2,1-4H3,(H,22,23,25). The van der Waals surface area contributed by atoms with Crippen LogP contribution < -0.4 is 24.2 Å². The van der Waals surface area contributed by atoms with Gasteiger partial charge in [-0.2, -0.15) is 0 Å². The molecule has 32 heavy (non-hydrogen) atoms. The second-order valence-corrected chi connectivity index (χ2v) is 9.42. The van der Waals surface area contributed by atoms with E-state index in [4.69, 9.17) is 14.2 Å². The van der Waals surface area contributed by atoms with Gasteiger partial charge >= 0.3 is 0 Å². The number of anilines is 1. The number of ether oxygens (including phenoxy) is 3. The van der Waals surface area contributed by atoms with Gasteiger partial charge in [-0.1, -0.05) is 29.5 Å². The fourth-order valence-corrected chi connectivity index (χ4v) is 4.79. The number of hydrogen-bond acceptors (Lipinski definition) is 9. The number of aromatic nitrogens is 2. The van der Waals surface area contributed by atoms with E-state index in [0.29, 0.717) is 28.4 Å². The largest absolute Gasteiger partial charge is 0.493 e. The van der Waals surface area contributed by atoms with Crippen LogP contribution in [0.2, 0.25) is 0 Å². The average molecular weight is 479 g/mol. The van der Waals surface area contributed by atoms with Gasteiger partial charge < -0.3 is 14.2 Å². The first kappa shape index (κ1) is 23.4. The normalized spacial score (nSPS) is 11.1. The Labute approximate surface area is 189 Å². The van der Waals surface area contributed by atoms with Gasteiger partial charge in [0.15, 0.2) is 11.5 Å². The number of aryl methyl sites for hydroxylation is 1. The van der Waals surface area contributed by atoms with Gasteiger partial charge in [0.1, 0.15) is 0 Å². The van der Waals surface area contributed by atoms with Gasteiger partial charge in [0.25, 0.3) is 15.9 Å². The van der Waals surface area contributed by atoms with Crippen LogP contribution in [0.4, 0.5) is 5.13 Å². The summed E-state index contributed by atoms with van der Waals surface area (Å²) in [6.07, 6.45) is 0. The van der Waals surface area contributed by atoms with E-state index in [0.717, 1.165) is 16.9 Å². The number of benzene rings is 2. The van der Waals surface area contributed by atoms with Crippen LogP contribution in [0.5, 0.6) is 17.2 Å². The van der Waals surface area contributed by atoms with E-state index in [9.17, 15) is 13.2 Å². The summed E-state index contributed by atoms with van der Waals surface area (Å²) in [5.41, 5.74) is 1.84. The highest BCUT2D eigenvalue weighted by atomic mass is 32.2. The Morgan fingerprint density at radius 2 is 1.69 bits per heavy atom. The molecule has 0 fully saturated rings. The van der Waals surface area contributed by atoms with Crippen LogP contribution in [0, 0.1) is 6.92 Å². The summed E-state index contributed by atoms with van der Waals surface area (Å²) in [7, 11) is 0.452. The lowest BCUT2D eigenvalue weighted by atomic mass is 10.1. The van der Waals surface area contributed by atoms with E-state index in [1.54, 1.807) is 37.3 Å². The summed E-state index contributed by atoms with van der Waals surface area (Å²) in [6.45, 7) is 1.75. The lowest BCUT2D eigenvalue weighted by Crippen LogP contribution is -2.23. The molecule has 0 radical (unpaired) electrons. The van der Waals surface area contributed by atoms with Crippen molar-refractivity contribution in [3.63, 3.8) is 0 Å². The number of carbonyl (C=O) groups is 1. The minimum atomic E-state index is -3.97. The van der Waals surface area contributed by atoms with Crippen LogP contribution in [0.3, 0.4) is 0 Å². The number of nitrogens with zero attached hydrogens (tertiary/aromatic N) is 2. The molecule has 1 amide bonds. The zero-order valence-electron chi connectivity index (χ0n) is 17.8. The molecule has 0 unspecified atom stereocenters. The summed E-state index contributed by atoms with van der Waals surface area (Å²) in [5, 5.41) is 10.1. The first-order valence-corrected chi connectivity index (χ1v) is 11.6. The van der Waals surface area contributed by atoms with E-state index in [1.165, 1.54) is 21.3 Å². The lowest BCUT2D eigenvalue weighted by Gasteiger charge is -2.14. The van der Waals surface area contributed by atoms with Crippen molar-refractivity contribution in [2.45, 2.75) is 17.8 Å². The summed E-state index contributed by atoms with van der Waals surface area (Å²) in [5.74, 6) is 0.810. The van der Waals surface area contributed by atoms with Crippen molar-refractivity contribution in [1.82, 2.24) is 14.9 Å². The zero-order valence-corrected chi connectivity index (χ0v) is 19.5. The Morgan fingerprint density at radius 3 is 2.28 bits per heavy atom. The Morgan fingerprint density at radius 1 is 1.03 bits per heavy atom. The highest BCUT2D eigenvalue weighted by Crippen LogP contribution is 2.38. The molecular formula is C20H22N4O6S2. The molecule has 3 aromatic rings. The Kier molecular flexibility index (Phi) is 7.28. The maximum absolute atomic E-state index is 12.7. The molecule has 0 bridgehead atoms. The molecule has 170 valence electrons. The predicted octanol–water partition coefficient (Wildman–Crippen LogP) is 2.60. The molecular weight excluding hydrogens is 456 g/mol. The van der Waals surface area contributed by atoms with E-state index >= 15 is 0 Å². The molecule has 0 atom stereocenters. The minimum absolute atomic E-state index is 0.0521. The first-order valence-electron chi connectivity index (χ1n) is 9.28. The number of hydrogen-bond donors (Lipinski definition) is 2. The molecule has 0 aliphatic heterocycles. The molecule has 2 aromatic carbocycles. The van der Waals surface area contributed by atoms with Crippen molar-refractivity contribution in [2.75, 3.05) is 26.6 Å². The molecule has 0 saturated carbocycles. The van der Waals surface area contributed by atoms with Crippen molar-refractivity contribution >= 4 is 32.4 Å². The monoisotopic (exact) mass is 478 g/mol. The predicted molar refractivity (Wildman–Crippen MR) is 119 cm³/mol. The van der Waals surface area contributed by atoms with Gasteiger partial charge in [-0.3, -0.25) is 10.1 Å². The SMILES string of the molecule is COc1cc(CNS(=O)(=O)c2nnc(NC(=O)c3ccccc3C)s2)cc(OC)c1OC. The van der Waals surface area contributed by atoms with Crippen LogP contribution in [0.25, 0.3) is 0 Å². The summed E-state index contributed by atoms with van der Waals surface area (Å²) < 4.78 is 43.3. The fourth-order valence-electron chi connectivity index (χ4n) is 2.84. The Bertz CT molecular complexity index is 1200. The van der Waals surface area contributed by atoms with E-state index in [2.05, 4.69) is 20.2 Å². The number of nitrogens with one attached hydrogen (secondary N) is 2. The highest BCUT2D eigenvalue weighted by molar-refractivity contribution is 7.91. The fraction of sp³-hybridized carbons (Fsp3) is 0.250. The first-order chi connectivity index (χ1) is 15.3. The molecule has 10 nitrogen and oxygen atoms in total. The number of carbonyl (C=O) groups excluding carboxylic acids is 1. The summed E-state index contributed by atoms with van der Waals surface area (Å²) in [4.78, 5) is 12.4. The van der Waals surface area contributed by atoms with Crippen LogP contribution >= 0.6 is 11.3 Å². The van der Waals surface area contributed by atoms with Crippen LogP contribution in [-0.2, 0) is 16.6 Å². The third kappa shape index (κ3) is 5.15. The van der Waals surface area contributed by atoms with Crippen molar-refractivity contribution in [1.29, 1.82) is 0 Å². The van der Waals surface area contributed by atoms with Gasteiger partial charge in [0.2, 0.25) is 15.2 Å². The van der Waals surface area contributed by atoms with Gasteiger partial charge in [0.05, 0.1) is 21.3 Å². The van der Waals surface area contributed by atoms with E-state index in [1.807, 2.05) is 6.07 Å². The molecule has 0 spiro atoms. The van der Waals surface area contributed by atoms with Gasteiger partial charge in [-0.15, -0.1) is 10.2 Å². The summed E-state index contributed by atoms with van der Waals surface area (Å²) in [6, 6.07) is 10.3. The Hall–Kier alpha value is -3.22. The quantitative estimate of drug-likeness (QED) is 0.449. The molecule has 0 aliphatic carbocycles. The van der Waals surface area contributed by atoms with Crippen LogP contribution in [-0.4, -0.2) is 45.9 Å². The average Bonchev–Trinajstić information content (AvgIpc) is 3.26. The molecule has 0 saturated heterocycles. The van der Waals surface area contributed by atoms with Crippen molar-refractivity contribution in [3.05, 3.63) is 53.1 Å². The van der Waals surface area contributed by atoms with Gasteiger partial charge in [-0.25, -0.2) is 13.1 Å². The number of amides is 1. The van der Waals surface area contributed by atoms with Gasteiger partial charge in [-0.05, 0) is 36.2 Å². The van der Waals surface area contributed by atoms with Crippen LogP contribution in [0.15, 0.2) is 40.7 Å². The second-order valence-electron chi connectivity index (χ2n) is 6.50. The summed E-state index contributed by atoms with van der Waals surface area (Å²) >= 11 is 0.751. The molecule has 12 heteroatoms. The minimum Gasteiger partial charge on any atom is -0.493 e. The van der Waals surface area contributed by atoms with Crippen molar-refractivity contribution in [3.8, 4) is 17.2 Å². The molecule has 1 aromatic heterocycles. The number of sulfonamides is 1. The topological polar surface area (TPSA) is 129 Å². The molecule has 3 rings (SSSR count). The molecule has 0 aliphatic rings. The smallest absolute Gasteiger partial charge is 0.270 e. The number of methoxy groups -OCH3 is 3. The van der Waals surface area contributed by atoms with E-state index < -0.39 is 15.9 Å². The molecule has 1 heterocycles. The second kappa shape index (κ2) is 9.94. The maximum Gasteiger partial charge on any atom is 0.270 e. The zero-order chi connectivity index (χ0) is 23.3. The number of rotatable bonds is 9. The third-order valence-electron chi connectivity index (χ3n) is 4.44. The van der Waals surface area contributed by atoms with Gasteiger partial charge in [0, 0.05) is 12.1 Å². The van der Waals surface area contributed by atoms with E-state index in [-0.39, 0.29) is 16.0 Å².